The lowest BCUT2D eigenvalue weighted by molar-refractivity contribution is -0.137. The van der Waals surface area contributed by atoms with E-state index >= 15 is 0 Å². The maximum absolute atomic E-state index is 13.5. The summed E-state index contributed by atoms with van der Waals surface area (Å²) in [6.45, 7) is 7.65. The van der Waals surface area contributed by atoms with Gasteiger partial charge in [-0.1, -0.05) is 43.5 Å². The molecule has 1 aliphatic rings. The van der Waals surface area contributed by atoms with E-state index in [0.29, 0.717) is 22.4 Å². The van der Waals surface area contributed by atoms with Gasteiger partial charge >= 0.3 is 11.9 Å². The first-order valence-corrected chi connectivity index (χ1v) is 13.6. The molecule has 6 N–H and O–H groups in total. The van der Waals surface area contributed by atoms with Crippen LogP contribution in [-0.4, -0.2) is 56.8 Å². The standard InChI is InChI=1S/C32H36N2O8/c1-3-23-24-12-9-21(19-26(24)32(25(23)4-2,15-13-29(38)39)16-14-30(40)41)33-31(42)27(34-28(37)6-5-17-35)18-20-7-10-22(36)11-8-20/h3-4,7-12,19,27,35-36H,1-2,5-6,13-18H2,(H,33,42)(H,34,37)(H,38,39)(H,40,41). The number of aromatic hydroxyl groups is 1. The highest BCUT2D eigenvalue weighted by Crippen LogP contribution is 2.53. The molecule has 0 aliphatic heterocycles. The third kappa shape index (κ3) is 7.52. The Morgan fingerprint density at radius 1 is 0.905 bits per heavy atom. The van der Waals surface area contributed by atoms with Crippen molar-refractivity contribution in [2.45, 2.75) is 56.4 Å². The fraction of sp³-hybridized carbons (Fsp3) is 0.312. The number of hydrogen-bond donors (Lipinski definition) is 6. The van der Waals surface area contributed by atoms with Crippen LogP contribution >= 0.6 is 0 Å². The van der Waals surface area contributed by atoms with E-state index in [1.807, 2.05) is 0 Å². The Bertz CT molecular complexity index is 1380. The fourth-order valence-corrected chi connectivity index (χ4v) is 5.44. The molecule has 222 valence electrons. The predicted molar refractivity (Wildman–Crippen MR) is 158 cm³/mol. The van der Waals surface area contributed by atoms with Gasteiger partial charge in [0.1, 0.15) is 11.8 Å². The molecule has 3 rings (SSSR count). The van der Waals surface area contributed by atoms with Gasteiger partial charge in [0.25, 0.3) is 0 Å². The van der Waals surface area contributed by atoms with Crippen molar-refractivity contribution in [1.29, 1.82) is 0 Å². The van der Waals surface area contributed by atoms with Crippen LogP contribution in [0.15, 0.2) is 73.3 Å². The maximum atomic E-state index is 13.5. The number of phenolic OH excluding ortho intramolecular Hbond substituents is 1. The third-order valence-electron chi connectivity index (χ3n) is 7.43. The lowest BCUT2D eigenvalue weighted by Gasteiger charge is -2.33. The van der Waals surface area contributed by atoms with Crippen LogP contribution in [0.4, 0.5) is 5.69 Å². The Hall–Kier alpha value is -4.70. The van der Waals surface area contributed by atoms with Crippen LogP contribution in [0.2, 0.25) is 0 Å². The maximum Gasteiger partial charge on any atom is 0.303 e. The van der Waals surface area contributed by atoms with Gasteiger partial charge in [-0.3, -0.25) is 19.2 Å². The largest absolute Gasteiger partial charge is 0.508 e. The highest BCUT2D eigenvalue weighted by Gasteiger charge is 2.43. The molecule has 2 amide bonds. The van der Waals surface area contributed by atoms with Crippen molar-refractivity contribution in [3.05, 3.63) is 90.0 Å². The van der Waals surface area contributed by atoms with Crippen molar-refractivity contribution in [2.75, 3.05) is 11.9 Å². The van der Waals surface area contributed by atoms with E-state index in [9.17, 15) is 34.5 Å². The van der Waals surface area contributed by atoms with Gasteiger partial charge in [0, 0.05) is 43.4 Å². The summed E-state index contributed by atoms with van der Waals surface area (Å²) in [5, 5.41) is 43.2. The zero-order valence-corrected chi connectivity index (χ0v) is 23.3. The molecule has 2 aromatic carbocycles. The van der Waals surface area contributed by atoms with E-state index in [1.54, 1.807) is 42.5 Å². The number of carboxylic acid groups (broad SMARTS) is 2. The molecular formula is C32H36N2O8. The van der Waals surface area contributed by atoms with E-state index in [4.69, 9.17) is 5.11 Å². The Morgan fingerprint density at radius 3 is 2.10 bits per heavy atom. The fourth-order valence-electron chi connectivity index (χ4n) is 5.44. The van der Waals surface area contributed by atoms with Crippen LogP contribution in [0.25, 0.3) is 5.57 Å². The first-order chi connectivity index (χ1) is 20.0. The zero-order chi connectivity index (χ0) is 30.9. The summed E-state index contributed by atoms with van der Waals surface area (Å²) in [4.78, 5) is 49.2. The minimum Gasteiger partial charge on any atom is -0.508 e. The molecule has 1 atom stereocenters. The predicted octanol–water partition coefficient (Wildman–Crippen LogP) is 3.94. The second-order valence-electron chi connectivity index (χ2n) is 10.2. The van der Waals surface area contributed by atoms with Crippen LogP contribution in [0.3, 0.4) is 0 Å². The second-order valence-corrected chi connectivity index (χ2v) is 10.2. The highest BCUT2D eigenvalue weighted by atomic mass is 16.4. The number of amides is 2. The third-order valence-corrected chi connectivity index (χ3v) is 7.43. The number of carboxylic acids is 2. The van der Waals surface area contributed by atoms with E-state index in [1.165, 1.54) is 12.1 Å². The van der Waals surface area contributed by atoms with Gasteiger partial charge in [-0.05, 0) is 71.4 Å². The van der Waals surface area contributed by atoms with Crippen molar-refractivity contribution < 1.29 is 39.6 Å². The first-order valence-electron chi connectivity index (χ1n) is 13.6. The topological polar surface area (TPSA) is 173 Å². The number of allylic oxidation sites excluding steroid dienone is 4. The first kappa shape index (κ1) is 31.8. The number of phenols is 1. The number of anilines is 1. The smallest absolute Gasteiger partial charge is 0.303 e. The molecule has 0 saturated heterocycles. The monoisotopic (exact) mass is 576 g/mol. The quantitative estimate of drug-likeness (QED) is 0.174. The molecule has 10 heteroatoms. The molecule has 42 heavy (non-hydrogen) atoms. The number of aliphatic hydroxyl groups is 1. The average molecular weight is 577 g/mol. The molecule has 0 bridgehead atoms. The van der Waals surface area contributed by atoms with E-state index in [0.717, 1.165) is 11.1 Å². The van der Waals surface area contributed by atoms with E-state index in [-0.39, 0.29) is 57.3 Å². The number of carbonyl (C=O) groups excluding carboxylic acids is 2. The molecule has 0 radical (unpaired) electrons. The van der Waals surface area contributed by atoms with Gasteiger partial charge in [0.15, 0.2) is 0 Å². The number of aliphatic carboxylic acids is 2. The van der Waals surface area contributed by atoms with Crippen molar-refractivity contribution in [1.82, 2.24) is 5.32 Å². The lowest BCUT2D eigenvalue weighted by Crippen LogP contribution is -2.45. The Morgan fingerprint density at radius 2 is 1.55 bits per heavy atom. The normalized spacial score (nSPS) is 14.0. The van der Waals surface area contributed by atoms with Crippen LogP contribution in [-0.2, 0) is 31.0 Å². The zero-order valence-electron chi connectivity index (χ0n) is 23.3. The molecule has 1 unspecified atom stereocenters. The van der Waals surface area contributed by atoms with Gasteiger partial charge in [0.2, 0.25) is 11.8 Å². The van der Waals surface area contributed by atoms with Crippen molar-refractivity contribution >= 4 is 35.0 Å². The SMILES string of the molecule is C=CC1=C(C=C)C(CCC(=O)O)(CCC(=O)O)c2cc(NC(=O)C(Cc3ccc(O)cc3)NC(=O)CCCO)ccc21. The van der Waals surface area contributed by atoms with Crippen LogP contribution < -0.4 is 10.6 Å². The summed E-state index contributed by atoms with van der Waals surface area (Å²) in [5.74, 6) is -2.92. The van der Waals surface area contributed by atoms with Crippen LogP contribution in [0.5, 0.6) is 5.75 Å². The average Bonchev–Trinajstić information content (AvgIpc) is 3.22. The summed E-state index contributed by atoms with van der Waals surface area (Å²) in [6, 6.07) is 10.4. The highest BCUT2D eigenvalue weighted by molar-refractivity contribution is 5.98. The molecule has 0 saturated carbocycles. The summed E-state index contributed by atoms with van der Waals surface area (Å²) >= 11 is 0. The molecular weight excluding hydrogens is 540 g/mol. The van der Waals surface area contributed by atoms with Gasteiger partial charge in [-0.25, -0.2) is 0 Å². The molecule has 0 aromatic heterocycles. The Balaban J connectivity index is 1.99. The second kappa shape index (κ2) is 14.3. The van der Waals surface area contributed by atoms with Crippen molar-refractivity contribution in [3.63, 3.8) is 0 Å². The number of benzene rings is 2. The summed E-state index contributed by atoms with van der Waals surface area (Å²) in [6.07, 6.45) is 3.44. The van der Waals surface area contributed by atoms with E-state index < -0.39 is 35.2 Å². The van der Waals surface area contributed by atoms with Gasteiger partial charge in [0.05, 0.1) is 0 Å². The van der Waals surface area contributed by atoms with Gasteiger partial charge < -0.3 is 31.1 Å². The molecule has 10 nitrogen and oxygen atoms in total. The molecule has 0 heterocycles. The number of aliphatic hydroxyl groups excluding tert-OH is 1. The molecule has 2 aromatic rings. The minimum atomic E-state index is -1.03. The Labute approximate surface area is 244 Å². The van der Waals surface area contributed by atoms with Crippen LogP contribution in [0, 0.1) is 0 Å². The summed E-state index contributed by atoms with van der Waals surface area (Å²) in [7, 11) is 0. The lowest BCUT2D eigenvalue weighted by atomic mass is 9.70. The summed E-state index contributed by atoms with van der Waals surface area (Å²) in [5.41, 5.74) is 2.89. The number of hydrogen-bond acceptors (Lipinski definition) is 6. The summed E-state index contributed by atoms with van der Waals surface area (Å²) < 4.78 is 0. The van der Waals surface area contributed by atoms with Crippen molar-refractivity contribution in [2.24, 2.45) is 0 Å². The number of fused-ring (bicyclic) bond motifs is 1. The van der Waals surface area contributed by atoms with Gasteiger partial charge in [-0.15, -0.1) is 0 Å². The number of carbonyl (C=O) groups is 4. The van der Waals surface area contributed by atoms with Gasteiger partial charge in [-0.2, -0.15) is 0 Å². The molecule has 0 fully saturated rings. The Kier molecular flexibility index (Phi) is 10.8. The minimum absolute atomic E-state index is 0.0324. The van der Waals surface area contributed by atoms with Crippen molar-refractivity contribution in [3.8, 4) is 5.75 Å². The number of nitrogens with one attached hydrogen (secondary N) is 2. The molecule has 1 aliphatic carbocycles. The van der Waals surface area contributed by atoms with Crippen LogP contribution in [0.1, 0.15) is 55.2 Å². The molecule has 0 spiro atoms. The van der Waals surface area contributed by atoms with E-state index in [2.05, 4.69) is 23.8 Å². The number of rotatable bonds is 16.